The molecule has 1 aliphatic heterocycles. The second-order valence-corrected chi connectivity index (χ2v) is 7.26. The van der Waals surface area contributed by atoms with Gasteiger partial charge in [0.15, 0.2) is 5.82 Å². The van der Waals surface area contributed by atoms with Gasteiger partial charge >= 0.3 is 0 Å². The van der Waals surface area contributed by atoms with Crippen molar-refractivity contribution in [3.63, 3.8) is 0 Å². The van der Waals surface area contributed by atoms with Gasteiger partial charge in [0.05, 0.1) is 6.04 Å². The minimum Gasteiger partial charge on any atom is -0.339 e. The van der Waals surface area contributed by atoms with Crippen molar-refractivity contribution in [3.8, 4) is 0 Å². The van der Waals surface area contributed by atoms with Crippen molar-refractivity contribution in [2.75, 3.05) is 6.54 Å². The first-order valence-electron chi connectivity index (χ1n) is 8.28. The molecule has 0 fully saturated rings. The number of rotatable bonds is 5. The summed E-state index contributed by atoms with van der Waals surface area (Å²) in [5.74, 6) is 1.69. The second-order valence-electron chi connectivity index (χ2n) is 6.26. The van der Waals surface area contributed by atoms with Crippen LogP contribution in [0, 0.1) is 0 Å². The van der Waals surface area contributed by atoms with Gasteiger partial charge in [-0.1, -0.05) is 25.9 Å². The molecule has 0 bridgehead atoms. The van der Waals surface area contributed by atoms with E-state index in [1.165, 1.54) is 10.4 Å². The fraction of sp³-hybridized carbons (Fsp3) is 0.588. The Morgan fingerprint density at radius 1 is 1.52 bits per heavy atom. The third kappa shape index (κ3) is 3.32. The fourth-order valence-electron chi connectivity index (χ4n) is 3.10. The van der Waals surface area contributed by atoms with Gasteiger partial charge < -0.3 is 9.42 Å². The normalized spacial score (nSPS) is 17.6. The minimum atomic E-state index is 0.179. The summed E-state index contributed by atoms with van der Waals surface area (Å²) in [6, 6.07) is 2.38. The minimum absolute atomic E-state index is 0.179. The van der Waals surface area contributed by atoms with E-state index in [9.17, 15) is 4.79 Å². The van der Waals surface area contributed by atoms with Crippen molar-refractivity contribution < 1.29 is 9.32 Å². The highest BCUT2D eigenvalue weighted by Crippen LogP contribution is 2.35. The van der Waals surface area contributed by atoms with E-state index in [1.807, 2.05) is 18.7 Å². The molecular weight excluding hydrogens is 310 g/mol. The van der Waals surface area contributed by atoms with E-state index in [-0.39, 0.29) is 17.9 Å². The molecule has 2 aromatic rings. The summed E-state index contributed by atoms with van der Waals surface area (Å²) in [5.41, 5.74) is 1.33. The van der Waals surface area contributed by atoms with Crippen molar-refractivity contribution in [2.24, 2.45) is 0 Å². The van der Waals surface area contributed by atoms with Crippen molar-refractivity contribution in [1.29, 1.82) is 0 Å². The maximum absolute atomic E-state index is 12.7. The van der Waals surface area contributed by atoms with Crippen LogP contribution in [0.15, 0.2) is 16.0 Å². The van der Waals surface area contributed by atoms with Gasteiger partial charge in [-0.3, -0.25) is 4.79 Å². The lowest BCUT2D eigenvalue weighted by atomic mass is 9.97. The van der Waals surface area contributed by atoms with E-state index in [2.05, 4.69) is 28.5 Å². The van der Waals surface area contributed by atoms with Crippen molar-refractivity contribution in [2.45, 2.75) is 58.4 Å². The zero-order chi connectivity index (χ0) is 16.4. The lowest BCUT2D eigenvalue weighted by Crippen LogP contribution is -2.39. The molecule has 0 radical (unpaired) electrons. The van der Waals surface area contributed by atoms with Gasteiger partial charge in [-0.15, -0.1) is 11.3 Å². The van der Waals surface area contributed by atoms with Crippen LogP contribution in [-0.2, 0) is 17.6 Å². The van der Waals surface area contributed by atoms with Crippen LogP contribution in [0.5, 0.6) is 0 Å². The quantitative estimate of drug-likeness (QED) is 0.836. The molecular formula is C17H23N3O2S. The largest absolute Gasteiger partial charge is 0.339 e. The van der Waals surface area contributed by atoms with E-state index in [0.717, 1.165) is 19.4 Å². The summed E-state index contributed by atoms with van der Waals surface area (Å²) >= 11 is 1.80. The Hall–Kier alpha value is -1.69. The topological polar surface area (TPSA) is 59.2 Å². The molecule has 23 heavy (non-hydrogen) atoms. The first kappa shape index (κ1) is 16.2. The number of nitrogens with zero attached hydrogens (tertiary/aromatic N) is 3. The average Bonchev–Trinajstić information content (AvgIpc) is 3.20. The van der Waals surface area contributed by atoms with Crippen LogP contribution in [0.25, 0.3) is 0 Å². The van der Waals surface area contributed by atoms with Crippen LogP contribution in [0.3, 0.4) is 0 Å². The molecule has 0 spiro atoms. The van der Waals surface area contributed by atoms with Gasteiger partial charge in [0, 0.05) is 30.2 Å². The van der Waals surface area contributed by atoms with Gasteiger partial charge in [0.25, 0.3) is 0 Å². The number of carbonyl (C=O) groups is 1. The third-order valence-electron chi connectivity index (χ3n) is 4.35. The molecule has 0 saturated carbocycles. The van der Waals surface area contributed by atoms with Gasteiger partial charge in [-0.25, -0.2) is 0 Å². The number of amides is 1. The number of carbonyl (C=O) groups excluding carboxylic acids is 1. The van der Waals surface area contributed by atoms with E-state index in [4.69, 9.17) is 4.52 Å². The Bertz CT molecular complexity index is 677. The third-order valence-corrected chi connectivity index (χ3v) is 5.35. The van der Waals surface area contributed by atoms with Gasteiger partial charge in [0.1, 0.15) is 0 Å². The van der Waals surface area contributed by atoms with Crippen molar-refractivity contribution in [3.05, 3.63) is 33.6 Å². The molecule has 0 aromatic carbocycles. The Morgan fingerprint density at radius 2 is 2.35 bits per heavy atom. The molecule has 124 valence electrons. The highest BCUT2D eigenvalue weighted by atomic mass is 32.1. The Balaban J connectivity index is 1.63. The standard InChI is InChI=1S/C17H23N3O2S/c1-4-13-12-8-10-23-14(12)7-9-20(13)16(21)6-5-15-18-17(11(2)3)19-22-15/h8,10-11,13H,4-7,9H2,1-3H3/t13-/m0/s1. The first-order chi connectivity index (χ1) is 11.1. The molecule has 0 aliphatic carbocycles. The van der Waals surface area contributed by atoms with E-state index >= 15 is 0 Å². The van der Waals surface area contributed by atoms with Gasteiger partial charge in [0.2, 0.25) is 11.8 Å². The summed E-state index contributed by atoms with van der Waals surface area (Å²) in [5, 5.41) is 6.08. The smallest absolute Gasteiger partial charge is 0.227 e. The van der Waals surface area contributed by atoms with E-state index in [0.29, 0.717) is 24.6 Å². The number of hydrogen-bond acceptors (Lipinski definition) is 5. The van der Waals surface area contributed by atoms with Gasteiger partial charge in [-0.2, -0.15) is 4.98 Å². The molecule has 3 heterocycles. The number of aromatic nitrogens is 2. The maximum atomic E-state index is 12.7. The molecule has 3 rings (SSSR count). The average molecular weight is 333 g/mol. The van der Waals surface area contributed by atoms with Crippen molar-refractivity contribution in [1.82, 2.24) is 15.0 Å². The van der Waals surface area contributed by atoms with Crippen LogP contribution in [0.1, 0.15) is 67.7 Å². The number of thiophene rings is 1. The summed E-state index contributed by atoms with van der Waals surface area (Å²) < 4.78 is 5.23. The predicted octanol–water partition coefficient (Wildman–Crippen LogP) is 3.72. The van der Waals surface area contributed by atoms with E-state index in [1.54, 1.807) is 11.3 Å². The zero-order valence-corrected chi connectivity index (χ0v) is 14.7. The molecule has 0 saturated heterocycles. The van der Waals surface area contributed by atoms with Crippen LogP contribution < -0.4 is 0 Å². The molecule has 1 amide bonds. The molecule has 0 N–H and O–H groups in total. The first-order valence-corrected chi connectivity index (χ1v) is 9.16. The predicted molar refractivity (Wildman–Crippen MR) is 89.5 cm³/mol. The summed E-state index contributed by atoms with van der Waals surface area (Å²) in [6.07, 6.45) is 2.86. The lowest BCUT2D eigenvalue weighted by Gasteiger charge is -2.35. The van der Waals surface area contributed by atoms with Crippen LogP contribution in [0.2, 0.25) is 0 Å². The number of fused-ring (bicyclic) bond motifs is 1. The highest BCUT2D eigenvalue weighted by Gasteiger charge is 2.30. The molecule has 1 aliphatic rings. The lowest BCUT2D eigenvalue weighted by molar-refractivity contribution is -0.134. The van der Waals surface area contributed by atoms with Crippen LogP contribution in [-0.4, -0.2) is 27.5 Å². The summed E-state index contributed by atoms with van der Waals surface area (Å²) in [7, 11) is 0. The second kappa shape index (κ2) is 6.83. The van der Waals surface area contributed by atoms with Crippen molar-refractivity contribution >= 4 is 17.2 Å². The number of aryl methyl sites for hydroxylation is 1. The van der Waals surface area contributed by atoms with Crippen LogP contribution >= 0.6 is 11.3 Å². The van der Waals surface area contributed by atoms with E-state index < -0.39 is 0 Å². The highest BCUT2D eigenvalue weighted by molar-refractivity contribution is 7.10. The Kier molecular flexibility index (Phi) is 4.80. The Labute approximate surface area is 140 Å². The van der Waals surface area contributed by atoms with Crippen LogP contribution in [0.4, 0.5) is 0 Å². The Morgan fingerprint density at radius 3 is 3.04 bits per heavy atom. The molecule has 1 atom stereocenters. The zero-order valence-electron chi connectivity index (χ0n) is 13.9. The fourth-order valence-corrected chi connectivity index (χ4v) is 4.02. The molecule has 2 aromatic heterocycles. The van der Waals surface area contributed by atoms with Gasteiger partial charge in [-0.05, 0) is 29.9 Å². The monoisotopic (exact) mass is 333 g/mol. The SMILES string of the molecule is CC[C@H]1c2ccsc2CCN1C(=O)CCc1nc(C(C)C)no1. The molecule has 6 heteroatoms. The molecule has 5 nitrogen and oxygen atoms in total. The summed E-state index contributed by atoms with van der Waals surface area (Å²) in [4.78, 5) is 20.5. The molecule has 0 unspecified atom stereocenters. The number of hydrogen-bond donors (Lipinski definition) is 0. The summed E-state index contributed by atoms with van der Waals surface area (Å²) in [6.45, 7) is 7.01. The maximum Gasteiger partial charge on any atom is 0.227 e.